The van der Waals surface area contributed by atoms with Crippen LogP contribution in [0.2, 0.25) is 0 Å². The van der Waals surface area contributed by atoms with E-state index in [1.807, 2.05) is 0 Å². The molecule has 1 rings (SSSR count). The van der Waals surface area contributed by atoms with Crippen molar-refractivity contribution in [1.82, 2.24) is 0 Å². The van der Waals surface area contributed by atoms with E-state index >= 15 is 0 Å². The average Bonchev–Trinajstić information content (AvgIpc) is 2.14. The van der Waals surface area contributed by atoms with Crippen molar-refractivity contribution in [2.24, 2.45) is 0 Å². The van der Waals surface area contributed by atoms with Crippen LogP contribution in [0.5, 0.6) is 0 Å². The minimum absolute atomic E-state index is 0.113. The van der Waals surface area contributed by atoms with E-state index in [-0.39, 0.29) is 5.56 Å². The van der Waals surface area contributed by atoms with Gasteiger partial charge in [-0.05, 0) is 11.6 Å². The molecule has 1 aromatic rings. The van der Waals surface area contributed by atoms with E-state index in [4.69, 9.17) is 6.58 Å². The Balaban J connectivity index is 3.16. The van der Waals surface area contributed by atoms with Gasteiger partial charge in [-0.1, -0.05) is 43.0 Å². The van der Waals surface area contributed by atoms with Gasteiger partial charge in [0, 0.05) is 0 Å². The van der Waals surface area contributed by atoms with Crippen molar-refractivity contribution in [2.75, 3.05) is 0 Å². The van der Waals surface area contributed by atoms with Crippen molar-refractivity contribution in [2.45, 2.75) is 6.18 Å². The van der Waals surface area contributed by atoms with E-state index in [0.717, 1.165) is 6.07 Å². The smallest absolute Gasteiger partial charge is 0.166 e. The fourth-order valence-electron chi connectivity index (χ4n) is 1.06. The number of benzene rings is 1. The lowest BCUT2D eigenvalue weighted by Gasteiger charge is -2.09. The van der Waals surface area contributed by atoms with Gasteiger partial charge in [0.05, 0.1) is 5.56 Å². The van der Waals surface area contributed by atoms with Crippen LogP contribution in [-0.4, -0.2) is 0 Å². The van der Waals surface area contributed by atoms with Gasteiger partial charge in [0.25, 0.3) is 0 Å². The summed E-state index contributed by atoms with van der Waals surface area (Å²) in [6.07, 6.45) is -0.448. The van der Waals surface area contributed by atoms with Crippen molar-refractivity contribution in [3.8, 4) is 0 Å². The Hall–Kier alpha value is -1.51. The van der Waals surface area contributed by atoms with Gasteiger partial charge in [0.15, 0.2) is 0 Å². The molecule has 14 heavy (non-hydrogen) atoms. The van der Waals surface area contributed by atoms with Gasteiger partial charge in [0.2, 0.25) is 0 Å². The van der Waals surface area contributed by atoms with Crippen molar-refractivity contribution in [3.63, 3.8) is 0 Å². The van der Waals surface area contributed by atoms with Gasteiger partial charge >= 0.3 is 6.18 Å². The Morgan fingerprint density at radius 2 is 1.79 bits per heavy atom. The van der Waals surface area contributed by atoms with Crippen LogP contribution in [0.25, 0.3) is 6.08 Å². The molecule has 73 valence electrons. The third kappa shape index (κ3) is 2.49. The summed E-state index contributed by atoms with van der Waals surface area (Å²) in [5.41, 5.74) is -0.542. The maximum atomic E-state index is 12.4. The molecule has 1 aromatic carbocycles. The number of hydrogen-bond donors (Lipinski definition) is 0. The Kier molecular flexibility index (Phi) is 3.12. The lowest BCUT2D eigenvalue weighted by molar-refractivity contribution is -0.137. The number of halogens is 3. The lowest BCUT2D eigenvalue weighted by atomic mass is 10.1. The second-order valence-corrected chi connectivity index (χ2v) is 2.64. The van der Waals surface area contributed by atoms with Gasteiger partial charge in [0.1, 0.15) is 0 Å². The molecule has 0 saturated carbocycles. The summed E-state index contributed by atoms with van der Waals surface area (Å²) < 4.78 is 37.2. The van der Waals surface area contributed by atoms with E-state index in [2.05, 4.69) is 0 Å². The Morgan fingerprint density at radius 3 is 2.36 bits per heavy atom. The van der Waals surface area contributed by atoms with E-state index in [0.29, 0.717) is 0 Å². The van der Waals surface area contributed by atoms with Gasteiger partial charge in [-0.3, -0.25) is 0 Å². The number of alkyl halides is 3. The third-order valence-corrected chi connectivity index (χ3v) is 1.65. The monoisotopic (exact) mass is 197 g/mol. The SMILES string of the molecule is [CH]=C/C=C/c1ccccc1C(F)(F)F. The average molecular weight is 197 g/mol. The molecule has 0 heterocycles. The first-order valence-corrected chi connectivity index (χ1v) is 3.93. The summed E-state index contributed by atoms with van der Waals surface area (Å²) in [5.74, 6) is 0. The van der Waals surface area contributed by atoms with Crippen LogP contribution >= 0.6 is 0 Å². The van der Waals surface area contributed by atoms with E-state index < -0.39 is 11.7 Å². The van der Waals surface area contributed by atoms with Crippen LogP contribution in [0, 0.1) is 6.58 Å². The predicted octanol–water partition coefficient (Wildman–Crippen LogP) is 3.71. The lowest BCUT2D eigenvalue weighted by Crippen LogP contribution is -2.06. The topological polar surface area (TPSA) is 0 Å². The highest BCUT2D eigenvalue weighted by atomic mass is 19.4. The van der Waals surface area contributed by atoms with Crippen LogP contribution in [0.15, 0.2) is 36.4 Å². The summed E-state index contributed by atoms with van der Waals surface area (Å²) in [6.45, 7) is 5.04. The molecular weight excluding hydrogens is 189 g/mol. The Morgan fingerprint density at radius 1 is 1.14 bits per heavy atom. The molecule has 0 amide bonds. The van der Waals surface area contributed by atoms with Gasteiger partial charge in [-0.15, -0.1) is 0 Å². The fraction of sp³-hybridized carbons (Fsp3) is 0.0909. The van der Waals surface area contributed by atoms with Crippen LogP contribution in [0.3, 0.4) is 0 Å². The molecule has 0 spiro atoms. The number of rotatable bonds is 2. The third-order valence-electron chi connectivity index (χ3n) is 1.65. The summed E-state index contributed by atoms with van der Waals surface area (Å²) in [4.78, 5) is 0. The second-order valence-electron chi connectivity index (χ2n) is 2.64. The van der Waals surface area contributed by atoms with Gasteiger partial charge in [-0.25, -0.2) is 0 Å². The minimum Gasteiger partial charge on any atom is -0.166 e. The molecule has 1 radical (unpaired) electrons. The zero-order valence-electron chi connectivity index (χ0n) is 7.25. The van der Waals surface area contributed by atoms with Crippen molar-refractivity contribution >= 4 is 6.08 Å². The van der Waals surface area contributed by atoms with Crippen LogP contribution in [-0.2, 0) is 6.18 Å². The van der Waals surface area contributed by atoms with Gasteiger partial charge < -0.3 is 0 Å². The minimum atomic E-state index is -4.32. The van der Waals surface area contributed by atoms with Crippen LogP contribution in [0.1, 0.15) is 11.1 Å². The molecule has 0 aliphatic heterocycles. The van der Waals surface area contributed by atoms with E-state index in [1.165, 1.54) is 30.4 Å². The Labute approximate surface area is 80.4 Å². The molecule has 3 heteroatoms. The summed E-state index contributed by atoms with van der Waals surface area (Å²) >= 11 is 0. The Bertz CT molecular complexity index is 348. The molecule has 0 aliphatic carbocycles. The molecule has 0 aromatic heterocycles. The largest absolute Gasteiger partial charge is 0.416 e. The summed E-state index contributed by atoms with van der Waals surface area (Å²) in [7, 11) is 0. The first-order valence-electron chi connectivity index (χ1n) is 3.93. The fourth-order valence-corrected chi connectivity index (χ4v) is 1.06. The molecule has 0 fully saturated rings. The standard InChI is InChI=1S/C11H8F3/c1-2-3-6-9-7-4-5-8-10(9)11(12,13)14/h1-8H/b2-1?,6-3+. The molecule has 0 aliphatic rings. The second kappa shape index (κ2) is 4.13. The van der Waals surface area contributed by atoms with Crippen molar-refractivity contribution < 1.29 is 13.2 Å². The van der Waals surface area contributed by atoms with Crippen molar-refractivity contribution in [3.05, 3.63) is 54.1 Å². The highest BCUT2D eigenvalue weighted by molar-refractivity contribution is 5.55. The molecule has 0 saturated heterocycles. The van der Waals surface area contributed by atoms with E-state index in [1.54, 1.807) is 6.07 Å². The molecule has 0 N–H and O–H groups in total. The number of hydrogen-bond acceptors (Lipinski definition) is 0. The highest BCUT2D eigenvalue weighted by Crippen LogP contribution is 2.32. The first-order chi connectivity index (χ1) is 6.55. The van der Waals surface area contributed by atoms with Crippen LogP contribution < -0.4 is 0 Å². The maximum absolute atomic E-state index is 12.4. The molecule has 0 bridgehead atoms. The summed E-state index contributed by atoms with van der Waals surface area (Å²) in [5, 5.41) is 0. The number of allylic oxidation sites excluding steroid dienone is 2. The molecule has 0 unspecified atom stereocenters. The molecule has 0 nitrogen and oxygen atoms in total. The normalized spacial score (nSPS) is 11.9. The maximum Gasteiger partial charge on any atom is 0.416 e. The zero-order chi connectivity index (χ0) is 10.6. The van der Waals surface area contributed by atoms with Crippen LogP contribution in [0.4, 0.5) is 13.2 Å². The predicted molar refractivity (Wildman–Crippen MR) is 49.3 cm³/mol. The van der Waals surface area contributed by atoms with Crippen molar-refractivity contribution in [1.29, 1.82) is 0 Å². The summed E-state index contributed by atoms with van der Waals surface area (Å²) in [6, 6.07) is 5.33. The molecule has 0 atom stereocenters. The first kappa shape index (κ1) is 10.6. The van der Waals surface area contributed by atoms with E-state index in [9.17, 15) is 13.2 Å². The highest BCUT2D eigenvalue weighted by Gasteiger charge is 2.32. The quantitative estimate of drug-likeness (QED) is 0.634. The zero-order valence-corrected chi connectivity index (χ0v) is 7.25. The van der Waals surface area contributed by atoms with Gasteiger partial charge in [-0.2, -0.15) is 13.2 Å². The molecular formula is C11H8F3.